The second-order valence-electron chi connectivity index (χ2n) is 8.02. The number of carbonyl (C=O) groups is 1. The van der Waals surface area contributed by atoms with E-state index in [2.05, 4.69) is 59.2 Å². The van der Waals surface area contributed by atoms with E-state index in [1.54, 1.807) is 0 Å². The Morgan fingerprint density at radius 3 is 2.29 bits per heavy atom. The van der Waals surface area contributed by atoms with E-state index in [1.807, 2.05) is 0 Å². The van der Waals surface area contributed by atoms with Gasteiger partial charge in [-0.25, -0.2) is 0 Å². The topological polar surface area (TPSA) is 50.4 Å². The smallest absolute Gasteiger partial charge is 0.221 e. The van der Waals surface area contributed by atoms with Gasteiger partial charge in [0.25, 0.3) is 0 Å². The van der Waals surface area contributed by atoms with Crippen LogP contribution in [0.3, 0.4) is 0 Å². The molecule has 148 valence electrons. The fourth-order valence-electron chi connectivity index (χ4n) is 5.25. The van der Waals surface area contributed by atoms with Gasteiger partial charge in [-0.2, -0.15) is 0 Å². The molecule has 6 rings (SSSR count). The lowest BCUT2D eigenvalue weighted by molar-refractivity contribution is -0.122. The van der Waals surface area contributed by atoms with Crippen LogP contribution in [0.15, 0.2) is 48.5 Å². The van der Waals surface area contributed by atoms with Crippen LogP contribution in [0.2, 0.25) is 0 Å². The summed E-state index contributed by atoms with van der Waals surface area (Å²) in [5, 5.41) is 6.57. The number of rotatable bonds is 4. The van der Waals surface area contributed by atoms with Crippen molar-refractivity contribution in [2.75, 3.05) is 26.3 Å². The van der Waals surface area contributed by atoms with Gasteiger partial charge in [0.15, 0.2) is 0 Å². The summed E-state index contributed by atoms with van der Waals surface area (Å²) in [6.45, 7) is 2.94. The fraction of sp³-hybridized carbons (Fsp3) is 0.435. The number of nitrogens with one attached hydrogen (secondary N) is 2. The third kappa shape index (κ3) is 3.45. The van der Waals surface area contributed by atoms with Gasteiger partial charge in [0, 0.05) is 37.4 Å². The van der Waals surface area contributed by atoms with E-state index in [0.717, 1.165) is 26.1 Å². The molecule has 2 aromatic rings. The summed E-state index contributed by atoms with van der Waals surface area (Å²) in [4.78, 5) is 12.4. The largest absolute Gasteiger partial charge is 0.378 e. The lowest BCUT2D eigenvalue weighted by atomic mass is 9.59. The van der Waals surface area contributed by atoms with Crippen molar-refractivity contribution in [2.24, 2.45) is 5.92 Å². The highest BCUT2D eigenvalue weighted by molar-refractivity contribution is 5.85. The molecule has 4 aliphatic rings. The van der Waals surface area contributed by atoms with Gasteiger partial charge >= 0.3 is 0 Å². The quantitative estimate of drug-likeness (QED) is 0.831. The maximum absolute atomic E-state index is 12.4. The third-order valence-corrected chi connectivity index (χ3v) is 6.41. The third-order valence-electron chi connectivity index (χ3n) is 6.41. The average molecular weight is 399 g/mol. The molecular formula is C23H27ClN2O2. The summed E-state index contributed by atoms with van der Waals surface area (Å²) in [5.74, 6) is 1.43. The van der Waals surface area contributed by atoms with E-state index in [-0.39, 0.29) is 24.4 Å². The number of hydrogen-bond donors (Lipinski definition) is 2. The highest BCUT2D eigenvalue weighted by atomic mass is 35.5. The molecule has 28 heavy (non-hydrogen) atoms. The minimum atomic E-state index is 0. The summed E-state index contributed by atoms with van der Waals surface area (Å²) in [7, 11) is 0. The van der Waals surface area contributed by atoms with Gasteiger partial charge in [0.05, 0.1) is 13.2 Å². The van der Waals surface area contributed by atoms with E-state index in [1.165, 1.54) is 22.3 Å². The monoisotopic (exact) mass is 398 g/mol. The number of carbonyl (C=O) groups excluding carboxylic acids is 1. The van der Waals surface area contributed by atoms with Gasteiger partial charge in [-0.15, -0.1) is 12.4 Å². The van der Waals surface area contributed by atoms with Crippen LogP contribution in [-0.2, 0) is 9.53 Å². The molecular weight excluding hydrogens is 372 g/mol. The summed E-state index contributed by atoms with van der Waals surface area (Å²) in [5.41, 5.74) is 5.86. The number of amides is 1. The number of halogens is 1. The predicted octanol–water partition coefficient (Wildman–Crippen LogP) is 3.20. The van der Waals surface area contributed by atoms with Crippen LogP contribution in [0.5, 0.6) is 0 Å². The molecule has 0 aromatic heterocycles. The number of benzene rings is 2. The Kier molecular flexibility index (Phi) is 5.72. The molecule has 0 spiro atoms. The molecule has 0 radical (unpaired) electrons. The van der Waals surface area contributed by atoms with Crippen LogP contribution in [0.1, 0.15) is 46.9 Å². The Balaban J connectivity index is 0.00000192. The zero-order valence-electron chi connectivity index (χ0n) is 15.9. The standard InChI is InChI=1S/C23H26N2O2.ClH/c26-22(12-16-14-27-10-9-24-16)25-13-15-11-21-17-5-1-3-7-19(17)23(15)20-8-4-2-6-18(20)21;/h1-8,15-16,21,23-24H,9-14H2,(H,25,26);1H. The van der Waals surface area contributed by atoms with Crippen molar-refractivity contribution in [1.29, 1.82) is 0 Å². The van der Waals surface area contributed by atoms with E-state index in [9.17, 15) is 4.79 Å². The van der Waals surface area contributed by atoms with Gasteiger partial charge in [-0.3, -0.25) is 4.79 Å². The molecule has 4 nitrogen and oxygen atoms in total. The zero-order valence-corrected chi connectivity index (χ0v) is 16.7. The molecule has 0 saturated carbocycles. The van der Waals surface area contributed by atoms with Gasteiger partial charge in [-0.05, 0) is 34.6 Å². The minimum Gasteiger partial charge on any atom is -0.378 e. The van der Waals surface area contributed by atoms with Gasteiger partial charge in [0.1, 0.15) is 0 Å². The number of ether oxygens (including phenoxy) is 1. The van der Waals surface area contributed by atoms with Crippen LogP contribution in [-0.4, -0.2) is 38.3 Å². The van der Waals surface area contributed by atoms with Crippen molar-refractivity contribution in [2.45, 2.75) is 30.7 Å². The van der Waals surface area contributed by atoms with Crippen LogP contribution >= 0.6 is 12.4 Å². The predicted molar refractivity (Wildman–Crippen MR) is 112 cm³/mol. The van der Waals surface area contributed by atoms with Crippen LogP contribution in [0, 0.1) is 5.92 Å². The Bertz CT molecular complexity index is 803. The summed E-state index contributed by atoms with van der Waals surface area (Å²) in [6, 6.07) is 17.9. The molecule has 2 atom stereocenters. The number of morpholine rings is 1. The molecule has 3 aliphatic carbocycles. The minimum absolute atomic E-state index is 0. The molecule has 1 amide bonds. The first-order chi connectivity index (χ1) is 13.3. The highest BCUT2D eigenvalue weighted by Crippen LogP contribution is 2.55. The average Bonchev–Trinajstić information content (AvgIpc) is 2.73. The highest BCUT2D eigenvalue weighted by Gasteiger charge is 2.42. The maximum Gasteiger partial charge on any atom is 0.221 e. The first kappa shape index (κ1) is 19.4. The SMILES string of the molecule is Cl.O=C(CC1COCCN1)NCC1CC2c3ccccc3C1c1ccccc12. The zero-order chi connectivity index (χ0) is 18.2. The Labute approximate surface area is 172 Å². The van der Waals surface area contributed by atoms with Crippen molar-refractivity contribution >= 4 is 18.3 Å². The normalized spacial score (nSPS) is 27.3. The molecule has 2 aromatic carbocycles. The van der Waals surface area contributed by atoms with E-state index >= 15 is 0 Å². The first-order valence-electron chi connectivity index (χ1n) is 10.1. The summed E-state index contributed by atoms with van der Waals surface area (Å²) < 4.78 is 5.45. The number of hydrogen-bond acceptors (Lipinski definition) is 3. The van der Waals surface area contributed by atoms with Crippen LogP contribution in [0.25, 0.3) is 0 Å². The van der Waals surface area contributed by atoms with Crippen LogP contribution in [0.4, 0.5) is 0 Å². The van der Waals surface area contributed by atoms with Gasteiger partial charge < -0.3 is 15.4 Å². The molecule has 2 unspecified atom stereocenters. The lowest BCUT2D eigenvalue weighted by Gasteiger charge is -2.45. The van der Waals surface area contributed by atoms with Crippen molar-refractivity contribution < 1.29 is 9.53 Å². The molecule has 5 heteroatoms. The molecule has 1 heterocycles. The molecule has 1 fully saturated rings. The Morgan fingerprint density at radius 2 is 1.68 bits per heavy atom. The van der Waals surface area contributed by atoms with Crippen molar-refractivity contribution in [3.63, 3.8) is 0 Å². The lowest BCUT2D eigenvalue weighted by Crippen LogP contribution is -2.45. The van der Waals surface area contributed by atoms with Crippen molar-refractivity contribution in [1.82, 2.24) is 10.6 Å². The summed E-state index contributed by atoms with van der Waals surface area (Å²) >= 11 is 0. The molecule has 2 bridgehead atoms. The molecule has 1 saturated heterocycles. The van der Waals surface area contributed by atoms with E-state index in [4.69, 9.17) is 4.74 Å². The van der Waals surface area contributed by atoms with E-state index in [0.29, 0.717) is 30.8 Å². The molecule has 2 N–H and O–H groups in total. The molecule has 1 aliphatic heterocycles. The Hall–Kier alpha value is -1.88. The van der Waals surface area contributed by atoms with Gasteiger partial charge in [0.2, 0.25) is 5.91 Å². The van der Waals surface area contributed by atoms with Crippen molar-refractivity contribution in [3.8, 4) is 0 Å². The second kappa shape index (κ2) is 8.24. The number of fused-ring (bicyclic) bond motifs is 1. The summed E-state index contributed by atoms with van der Waals surface area (Å²) in [6.07, 6.45) is 1.61. The maximum atomic E-state index is 12.4. The van der Waals surface area contributed by atoms with Gasteiger partial charge in [-0.1, -0.05) is 48.5 Å². The fourth-order valence-corrected chi connectivity index (χ4v) is 5.25. The first-order valence-corrected chi connectivity index (χ1v) is 10.1. The van der Waals surface area contributed by atoms with Crippen LogP contribution < -0.4 is 10.6 Å². The Morgan fingerprint density at radius 1 is 1.04 bits per heavy atom. The van der Waals surface area contributed by atoms with E-state index < -0.39 is 0 Å². The van der Waals surface area contributed by atoms with Crippen molar-refractivity contribution in [3.05, 3.63) is 70.8 Å². The second-order valence-corrected chi connectivity index (χ2v) is 8.02.